The topological polar surface area (TPSA) is 238 Å². The Balaban J connectivity index is 1.79. The third kappa shape index (κ3) is 6.34. The first-order valence-corrected chi connectivity index (χ1v) is 10.5. The molecule has 1 aromatic heterocycles. The fourth-order valence-corrected chi connectivity index (χ4v) is 3.61. The summed E-state index contributed by atoms with van der Waals surface area (Å²) in [6, 6.07) is 4.23. The number of nitrogens with zero attached hydrogens (tertiary/aromatic N) is 4. The van der Waals surface area contributed by atoms with E-state index in [1.165, 1.54) is 17.8 Å². The molecule has 0 radical (unpaired) electrons. The van der Waals surface area contributed by atoms with Crippen molar-refractivity contribution in [2.75, 3.05) is 0 Å². The van der Waals surface area contributed by atoms with Crippen molar-refractivity contribution in [3.8, 4) is 17.0 Å². The van der Waals surface area contributed by atoms with Gasteiger partial charge in [-0.15, -0.1) is 5.10 Å². The summed E-state index contributed by atoms with van der Waals surface area (Å²) in [4.78, 5) is 37.7. The highest BCUT2D eigenvalue weighted by Gasteiger charge is 2.44. The Labute approximate surface area is 204 Å². The number of aliphatic carboxylic acids is 1. The molecule has 1 aromatic carbocycles. The predicted octanol–water partition coefficient (Wildman–Crippen LogP) is -2.28. The summed E-state index contributed by atoms with van der Waals surface area (Å²) < 4.78 is 11.4. The Morgan fingerprint density at radius 2 is 2.00 bits per heavy atom. The number of aromatic nitrogens is 3. The lowest BCUT2D eigenvalue weighted by Crippen LogP contribution is -2.59. The van der Waals surface area contributed by atoms with Crippen LogP contribution in [0.2, 0.25) is 0 Å². The number of ether oxygens (including phenoxy) is 2. The molecule has 3 rings (SSSR count). The van der Waals surface area contributed by atoms with Crippen LogP contribution in [0.5, 0.6) is 5.75 Å². The summed E-state index contributed by atoms with van der Waals surface area (Å²) >= 11 is 0. The summed E-state index contributed by atoms with van der Waals surface area (Å²) in [5.41, 5.74) is 12.0. The number of hydrogen-bond donors (Lipinski definition) is 6. The normalized spacial score (nSPS) is 20.8. The van der Waals surface area contributed by atoms with Crippen molar-refractivity contribution < 1.29 is 39.2 Å². The second-order valence-corrected chi connectivity index (χ2v) is 7.81. The summed E-state index contributed by atoms with van der Waals surface area (Å²) in [7, 11) is 0. The van der Waals surface area contributed by atoms with E-state index in [1.807, 2.05) is 0 Å². The molecular weight excluding hydrogens is 478 g/mol. The quantitative estimate of drug-likeness (QED) is 0.114. The number of aliphatic hydroxyl groups is 2. The standard InChI is InChI=1S/C21H25N7O8/c1-10(30)24-17-13(25-21(22)23)6-16(20(33)34)36-19(17)18(32)15(31)8-28-7-14(26-27-28)11-2-4-12(5-3-11)35-9-29/h2-7,9,13,15,17-19,31-32H,8H2,1H3,(H,24,30)(H,33,34)(H4,22,23,25)/t13-,15?,17-,18?,19?/m1/s1. The molecule has 1 aliphatic rings. The molecule has 1 amide bonds. The zero-order valence-electron chi connectivity index (χ0n) is 19.0. The fourth-order valence-electron chi connectivity index (χ4n) is 3.61. The third-order valence-electron chi connectivity index (χ3n) is 5.16. The first-order chi connectivity index (χ1) is 17.1. The molecule has 2 heterocycles. The number of amides is 1. The first kappa shape index (κ1) is 26.1. The second kappa shape index (κ2) is 11.3. The first-order valence-electron chi connectivity index (χ1n) is 10.5. The fraction of sp³-hybridized carbons (Fsp3) is 0.333. The molecule has 5 atom stereocenters. The number of guanidine groups is 1. The molecule has 36 heavy (non-hydrogen) atoms. The van der Waals surface area contributed by atoms with E-state index in [-0.39, 0.29) is 12.5 Å². The van der Waals surface area contributed by atoms with Crippen LogP contribution in [-0.4, -0.2) is 85.0 Å². The highest BCUT2D eigenvalue weighted by atomic mass is 16.5. The zero-order valence-corrected chi connectivity index (χ0v) is 19.0. The van der Waals surface area contributed by atoms with E-state index >= 15 is 0 Å². The van der Waals surface area contributed by atoms with Gasteiger partial charge in [0, 0.05) is 12.5 Å². The number of carboxylic acid groups (broad SMARTS) is 1. The monoisotopic (exact) mass is 503 g/mol. The summed E-state index contributed by atoms with van der Waals surface area (Å²) in [5.74, 6) is -2.58. The van der Waals surface area contributed by atoms with Crippen LogP contribution in [-0.2, 0) is 25.7 Å². The van der Waals surface area contributed by atoms with Crippen molar-refractivity contribution in [1.29, 1.82) is 0 Å². The Hall–Kier alpha value is -4.50. The van der Waals surface area contributed by atoms with Crippen LogP contribution < -0.4 is 21.5 Å². The lowest BCUT2D eigenvalue weighted by Gasteiger charge is -2.38. The van der Waals surface area contributed by atoms with Crippen molar-refractivity contribution >= 4 is 24.3 Å². The lowest BCUT2D eigenvalue weighted by molar-refractivity contribution is -0.145. The number of aliphatic hydroxyl groups excluding tert-OH is 2. The Morgan fingerprint density at radius 3 is 2.58 bits per heavy atom. The largest absolute Gasteiger partial charge is 0.478 e. The van der Waals surface area contributed by atoms with Gasteiger partial charge in [-0.2, -0.15) is 0 Å². The zero-order chi connectivity index (χ0) is 26.4. The number of carboxylic acids is 1. The summed E-state index contributed by atoms with van der Waals surface area (Å²) in [5, 5.41) is 41.5. The van der Waals surface area contributed by atoms with Crippen molar-refractivity contribution in [1.82, 2.24) is 20.3 Å². The molecule has 0 aliphatic carbocycles. The number of benzene rings is 1. The van der Waals surface area contributed by atoms with Gasteiger partial charge in [0.2, 0.25) is 11.7 Å². The molecule has 8 N–H and O–H groups in total. The van der Waals surface area contributed by atoms with Gasteiger partial charge in [-0.05, 0) is 30.3 Å². The van der Waals surface area contributed by atoms with Crippen LogP contribution in [0.1, 0.15) is 6.92 Å². The number of nitrogens with two attached hydrogens (primary N) is 2. The van der Waals surface area contributed by atoms with Gasteiger partial charge >= 0.3 is 5.97 Å². The minimum Gasteiger partial charge on any atom is -0.478 e. The van der Waals surface area contributed by atoms with Gasteiger partial charge in [-0.3, -0.25) is 9.59 Å². The van der Waals surface area contributed by atoms with E-state index in [0.29, 0.717) is 23.5 Å². The molecule has 1 aliphatic heterocycles. The van der Waals surface area contributed by atoms with E-state index in [4.69, 9.17) is 20.9 Å². The molecule has 192 valence electrons. The predicted molar refractivity (Wildman–Crippen MR) is 122 cm³/mol. The molecule has 2 aromatic rings. The number of nitrogens with one attached hydrogen (secondary N) is 1. The lowest BCUT2D eigenvalue weighted by atomic mass is 9.92. The van der Waals surface area contributed by atoms with Crippen molar-refractivity contribution in [3.63, 3.8) is 0 Å². The van der Waals surface area contributed by atoms with Gasteiger partial charge in [0.05, 0.1) is 24.8 Å². The molecule has 0 saturated heterocycles. The van der Waals surface area contributed by atoms with Gasteiger partial charge < -0.3 is 41.6 Å². The highest BCUT2D eigenvalue weighted by molar-refractivity contribution is 5.85. The van der Waals surface area contributed by atoms with E-state index < -0.39 is 48.0 Å². The smallest absolute Gasteiger partial charge is 0.370 e. The molecule has 3 unspecified atom stereocenters. The molecular formula is C21H25N7O8. The minimum atomic E-state index is -1.70. The van der Waals surface area contributed by atoms with Gasteiger partial charge in [-0.1, -0.05) is 5.21 Å². The number of carbonyl (C=O) groups is 3. The van der Waals surface area contributed by atoms with Crippen molar-refractivity contribution in [2.24, 2.45) is 16.5 Å². The van der Waals surface area contributed by atoms with Crippen LogP contribution in [0.25, 0.3) is 11.3 Å². The van der Waals surface area contributed by atoms with E-state index in [0.717, 1.165) is 6.08 Å². The third-order valence-corrected chi connectivity index (χ3v) is 5.16. The summed E-state index contributed by atoms with van der Waals surface area (Å²) in [6.07, 6.45) is -2.07. The van der Waals surface area contributed by atoms with Crippen LogP contribution in [0.15, 0.2) is 47.3 Å². The maximum atomic E-state index is 11.8. The Bertz CT molecular complexity index is 1160. The van der Waals surface area contributed by atoms with E-state index in [9.17, 15) is 29.7 Å². The minimum absolute atomic E-state index is 0.258. The molecule has 15 nitrogen and oxygen atoms in total. The summed E-state index contributed by atoms with van der Waals surface area (Å²) in [6.45, 7) is 1.25. The van der Waals surface area contributed by atoms with Crippen LogP contribution in [0.3, 0.4) is 0 Å². The highest BCUT2D eigenvalue weighted by Crippen LogP contribution is 2.26. The maximum Gasteiger partial charge on any atom is 0.370 e. The molecule has 0 bridgehead atoms. The number of hydrogen-bond acceptors (Lipinski definition) is 10. The Kier molecular flexibility index (Phi) is 8.18. The van der Waals surface area contributed by atoms with Gasteiger partial charge in [0.1, 0.15) is 29.8 Å². The van der Waals surface area contributed by atoms with Gasteiger partial charge in [-0.25, -0.2) is 14.5 Å². The maximum absolute atomic E-state index is 11.8. The number of rotatable bonds is 10. The average Bonchev–Trinajstić information content (AvgIpc) is 3.28. The molecule has 0 fully saturated rings. The number of carbonyl (C=O) groups excluding carboxylic acids is 2. The van der Waals surface area contributed by atoms with Crippen LogP contribution in [0.4, 0.5) is 0 Å². The molecule has 0 saturated carbocycles. The van der Waals surface area contributed by atoms with Crippen molar-refractivity contribution in [2.45, 2.75) is 43.9 Å². The van der Waals surface area contributed by atoms with Gasteiger partial charge in [0.25, 0.3) is 6.47 Å². The Morgan fingerprint density at radius 1 is 1.31 bits per heavy atom. The van der Waals surface area contributed by atoms with Gasteiger partial charge in [0.15, 0.2) is 5.96 Å². The SMILES string of the molecule is CC(=O)N[C@H]1C(C(O)C(O)Cn2cc(-c3ccc(OC=O)cc3)nn2)OC(C(=O)O)=C[C@H]1N=C(N)N. The molecule has 0 spiro atoms. The van der Waals surface area contributed by atoms with E-state index in [1.54, 1.807) is 24.3 Å². The van der Waals surface area contributed by atoms with Crippen LogP contribution >= 0.6 is 0 Å². The van der Waals surface area contributed by atoms with Crippen LogP contribution in [0, 0.1) is 0 Å². The van der Waals surface area contributed by atoms with Crippen molar-refractivity contribution in [3.05, 3.63) is 42.3 Å². The number of aliphatic imine (C=N–C) groups is 1. The molecule has 15 heteroatoms. The second-order valence-electron chi connectivity index (χ2n) is 7.81. The van der Waals surface area contributed by atoms with E-state index in [2.05, 4.69) is 20.6 Å². The average molecular weight is 503 g/mol.